The van der Waals surface area contributed by atoms with Gasteiger partial charge in [-0.15, -0.1) is 0 Å². The number of nitrogens with one attached hydrogen (secondary N) is 1. The van der Waals surface area contributed by atoms with E-state index in [1.54, 1.807) is 49.4 Å². The summed E-state index contributed by atoms with van der Waals surface area (Å²) in [6.45, 7) is 3.13. The molecular weight excluding hydrogens is 569 g/mol. The third-order valence-electron chi connectivity index (χ3n) is 7.11. The first-order valence-electron chi connectivity index (χ1n) is 13.2. The number of aryl methyl sites for hydroxylation is 1. The van der Waals surface area contributed by atoms with Crippen LogP contribution in [0.3, 0.4) is 0 Å². The third kappa shape index (κ3) is 7.36. The molecule has 0 radical (unpaired) electrons. The summed E-state index contributed by atoms with van der Waals surface area (Å²) < 4.78 is 28.8. The van der Waals surface area contributed by atoms with Crippen LogP contribution in [0.2, 0.25) is 10.0 Å². The van der Waals surface area contributed by atoms with Gasteiger partial charge in [0.2, 0.25) is 11.8 Å². The van der Waals surface area contributed by atoms with Gasteiger partial charge >= 0.3 is 0 Å². The number of nitrogens with zero attached hydrogens (tertiary/aromatic N) is 2. The zero-order valence-electron chi connectivity index (χ0n) is 22.5. The Kier molecular flexibility index (Phi) is 9.77. The van der Waals surface area contributed by atoms with E-state index in [2.05, 4.69) is 5.32 Å². The first kappa shape index (κ1) is 29.9. The van der Waals surface area contributed by atoms with Gasteiger partial charge in [-0.05, 0) is 86.3 Å². The van der Waals surface area contributed by atoms with Crippen LogP contribution >= 0.6 is 23.2 Å². The molecule has 1 atom stereocenters. The number of halogens is 2. The van der Waals surface area contributed by atoms with Crippen molar-refractivity contribution in [2.75, 3.05) is 10.8 Å². The Hall–Kier alpha value is -3.07. The number of benzene rings is 3. The molecule has 10 heteroatoms. The van der Waals surface area contributed by atoms with Gasteiger partial charge in [0.25, 0.3) is 10.0 Å². The van der Waals surface area contributed by atoms with Crippen LogP contribution < -0.4 is 9.62 Å². The Morgan fingerprint density at radius 2 is 1.55 bits per heavy atom. The fourth-order valence-electron chi connectivity index (χ4n) is 4.81. The van der Waals surface area contributed by atoms with Gasteiger partial charge in [0.1, 0.15) is 12.6 Å². The highest BCUT2D eigenvalue weighted by Crippen LogP contribution is 2.26. The Morgan fingerprint density at radius 1 is 0.950 bits per heavy atom. The molecule has 1 unspecified atom stereocenters. The van der Waals surface area contributed by atoms with Gasteiger partial charge in [0, 0.05) is 22.6 Å². The number of amides is 2. The van der Waals surface area contributed by atoms with Crippen LogP contribution in [0.25, 0.3) is 0 Å². The second-order valence-corrected chi connectivity index (χ2v) is 12.9. The second-order valence-electron chi connectivity index (χ2n) is 10.1. The highest BCUT2D eigenvalue weighted by atomic mass is 35.5. The van der Waals surface area contributed by atoms with Crippen molar-refractivity contribution in [2.45, 2.75) is 63.1 Å². The highest BCUT2D eigenvalue weighted by molar-refractivity contribution is 7.92. The Labute approximate surface area is 246 Å². The number of anilines is 1. The number of carbonyl (C=O) groups excluding carboxylic acids is 2. The van der Waals surface area contributed by atoms with Gasteiger partial charge in [-0.3, -0.25) is 13.9 Å². The van der Waals surface area contributed by atoms with Crippen molar-refractivity contribution in [2.24, 2.45) is 0 Å². The molecule has 7 nitrogen and oxygen atoms in total. The monoisotopic (exact) mass is 601 g/mol. The molecule has 0 aliphatic heterocycles. The van der Waals surface area contributed by atoms with Crippen molar-refractivity contribution in [3.63, 3.8) is 0 Å². The third-order valence-corrected chi connectivity index (χ3v) is 9.40. The molecule has 0 saturated heterocycles. The predicted octanol–water partition coefficient (Wildman–Crippen LogP) is 5.97. The number of carbonyl (C=O) groups is 2. The molecule has 0 bridgehead atoms. The zero-order chi connectivity index (χ0) is 28.9. The van der Waals surface area contributed by atoms with Gasteiger partial charge in [0.05, 0.1) is 10.6 Å². The van der Waals surface area contributed by atoms with Crippen LogP contribution in [0.4, 0.5) is 5.69 Å². The topological polar surface area (TPSA) is 86.8 Å². The lowest BCUT2D eigenvalue weighted by Gasteiger charge is -2.32. The minimum Gasteiger partial charge on any atom is -0.352 e. The molecule has 0 aromatic heterocycles. The van der Waals surface area contributed by atoms with E-state index in [1.165, 1.54) is 29.2 Å². The van der Waals surface area contributed by atoms with Crippen LogP contribution in [0, 0.1) is 6.92 Å². The average molecular weight is 603 g/mol. The van der Waals surface area contributed by atoms with Crippen molar-refractivity contribution in [1.29, 1.82) is 0 Å². The van der Waals surface area contributed by atoms with E-state index >= 15 is 0 Å². The summed E-state index contributed by atoms with van der Waals surface area (Å²) in [5.41, 5.74) is 1.95. The van der Waals surface area contributed by atoms with E-state index in [0.29, 0.717) is 15.7 Å². The number of hydrogen-bond acceptors (Lipinski definition) is 4. The van der Waals surface area contributed by atoms with Gasteiger partial charge in [0.15, 0.2) is 0 Å². The van der Waals surface area contributed by atoms with E-state index in [1.807, 2.05) is 13.0 Å². The molecule has 2 amide bonds. The maximum Gasteiger partial charge on any atom is 0.264 e. The molecule has 0 spiro atoms. The fourth-order valence-corrected chi connectivity index (χ4v) is 6.46. The van der Waals surface area contributed by atoms with Gasteiger partial charge < -0.3 is 10.2 Å². The molecule has 1 aliphatic carbocycles. The first-order valence-corrected chi connectivity index (χ1v) is 15.4. The summed E-state index contributed by atoms with van der Waals surface area (Å²) in [5, 5.41) is 4.01. The summed E-state index contributed by atoms with van der Waals surface area (Å²) in [6, 6.07) is 19.0. The van der Waals surface area contributed by atoms with Crippen molar-refractivity contribution in [3.8, 4) is 0 Å². The maximum absolute atomic E-state index is 14.0. The number of rotatable bonds is 10. The van der Waals surface area contributed by atoms with Crippen LogP contribution in [0.1, 0.15) is 43.7 Å². The molecule has 212 valence electrons. The normalized spacial score (nSPS) is 14.5. The molecule has 4 rings (SSSR count). The molecule has 3 aromatic rings. The Morgan fingerprint density at radius 3 is 2.15 bits per heavy atom. The summed E-state index contributed by atoms with van der Waals surface area (Å²) in [4.78, 5) is 28.7. The van der Waals surface area contributed by atoms with Gasteiger partial charge in [-0.1, -0.05) is 60.3 Å². The fraction of sp³-hybridized carbons (Fsp3) is 0.333. The van der Waals surface area contributed by atoms with Crippen LogP contribution in [0.5, 0.6) is 0 Å². The smallest absolute Gasteiger partial charge is 0.264 e. The standard InChI is InChI=1S/C30H33Cl2N3O4S/c1-21-6-5-9-27(18-21)35(40(38,39)28-16-14-25(32)15-17-28)20-29(36)34(19-23-10-12-24(31)13-11-23)22(2)30(37)33-26-7-3-4-8-26/h5-6,9-18,22,26H,3-4,7-8,19-20H2,1-2H3,(H,33,37). The lowest BCUT2D eigenvalue weighted by atomic mass is 10.1. The van der Waals surface area contributed by atoms with E-state index < -0.39 is 28.5 Å². The Balaban J connectivity index is 1.68. The highest BCUT2D eigenvalue weighted by Gasteiger charge is 2.33. The van der Waals surface area contributed by atoms with E-state index in [9.17, 15) is 18.0 Å². The molecule has 3 aromatic carbocycles. The summed E-state index contributed by atoms with van der Waals surface area (Å²) in [7, 11) is -4.15. The average Bonchev–Trinajstić information content (AvgIpc) is 3.44. The molecule has 1 aliphatic rings. The van der Waals surface area contributed by atoms with Crippen molar-refractivity contribution < 1.29 is 18.0 Å². The van der Waals surface area contributed by atoms with E-state index in [4.69, 9.17) is 23.2 Å². The minimum atomic E-state index is -4.15. The first-order chi connectivity index (χ1) is 19.0. The molecule has 0 heterocycles. The summed E-state index contributed by atoms with van der Waals surface area (Å²) in [5.74, 6) is -0.778. The quantitative estimate of drug-likeness (QED) is 0.310. The second kappa shape index (κ2) is 13.1. The van der Waals surface area contributed by atoms with Crippen LogP contribution in [-0.2, 0) is 26.2 Å². The van der Waals surface area contributed by atoms with Crippen molar-refractivity contribution in [3.05, 3.63) is 94.0 Å². The van der Waals surface area contributed by atoms with E-state index in [0.717, 1.165) is 41.1 Å². The van der Waals surface area contributed by atoms with Gasteiger partial charge in [-0.2, -0.15) is 0 Å². The molecular formula is C30H33Cl2N3O4S. The number of hydrogen-bond donors (Lipinski definition) is 1. The minimum absolute atomic E-state index is 0.00230. The maximum atomic E-state index is 14.0. The zero-order valence-corrected chi connectivity index (χ0v) is 24.8. The Bertz CT molecular complexity index is 1440. The predicted molar refractivity (Wildman–Crippen MR) is 159 cm³/mol. The van der Waals surface area contributed by atoms with E-state index in [-0.39, 0.29) is 23.4 Å². The SMILES string of the molecule is Cc1cccc(N(CC(=O)N(Cc2ccc(Cl)cc2)C(C)C(=O)NC2CCCC2)S(=O)(=O)c2ccc(Cl)cc2)c1. The number of sulfonamides is 1. The van der Waals surface area contributed by atoms with Crippen molar-refractivity contribution >= 4 is 50.7 Å². The molecule has 40 heavy (non-hydrogen) atoms. The van der Waals surface area contributed by atoms with Crippen LogP contribution in [-0.4, -0.2) is 43.8 Å². The van der Waals surface area contributed by atoms with Gasteiger partial charge in [-0.25, -0.2) is 8.42 Å². The summed E-state index contributed by atoms with van der Waals surface area (Å²) in [6.07, 6.45) is 3.93. The summed E-state index contributed by atoms with van der Waals surface area (Å²) >= 11 is 12.1. The lowest BCUT2D eigenvalue weighted by Crippen LogP contribution is -2.52. The lowest BCUT2D eigenvalue weighted by molar-refractivity contribution is -0.139. The van der Waals surface area contributed by atoms with Crippen molar-refractivity contribution in [1.82, 2.24) is 10.2 Å². The molecule has 1 saturated carbocycles. The largest absolute Gasteiger partial charge is 0.352 e. The molecule has 1 fully saturated rings. The molecule has 1 N–H and O–H groups in total. The van der Waals surface area contributed by atoms with Crippen LogP contribution in [0.15, 0.2) is 77.7 Å².